The lowest BCUT2D eigenvalue weighted by Gasteiger charge is -2.60. The van der Waals surface area contributed by atoms with Crippen LogP contribution in [0.1, 0.15) is 58.8 Å². The average molecular weight is 429 g/mol. The lowest BCUT2D eigenvalue weighted by atomic mass is 9.45. The van der Waals surface area contributed by atoms with E-state index in [1.165, 1.54) is 7.11 Å². The summed E-state index contributed by atoms with van der Waals surface area (Å²) in [5.74, 6) is -0.130. The molecule has 0 aromatic heterocycles. The summed E-state index contributed by atoms with van der Waals surface area (Å²) in [5, 5.41) is 0. The van der Waals surface area contributed by atoms with Gasteiger partial charge in [0.2, 0.25) is 0 Å². The van der Waals surface area contributed by atoms with Crippen LogP contribution in [-0.2, 0) is 28.6 Å². The topological polar surface area (TPSA) is 78.9 Å². The third-order valence-electron chi connectivity index (χ3n) is 9.60. The van der Waals surface area contributed by atoms with Gasteiger partial charge in [-0.05, 0) is 61.2 Å². The molecule has 1 aliphatic heterocycles. The lowest BCUT2D eigenvalue weighted by molar-refractivity contribution is -0.183. The Labute approximate surface area is 183 Å². The number of carbonyl (C=O) groups excluding carboxylic acids is 3. The van der Waals surface area contributed by atoms with Gasteiger partial charge in [-0.1, -0.05) is 13.8 Å². The Hall–Kier alpha value is -1.95. The standard InChI is InChI=1S/C25H32O6/c1-23-8-5-15(26)11-14(23)12-16(22(28)30-4)20-17-6-9-25(10-7-19(27)31-25)24(17,2)13-18(29-3)21(20)23/h11-12,17-18,20-21H,5-10,13H2,1-4H3/t17?,18-,20?,21?,23+,24+,25?/m1/s1. The summed E-state index contributed by atoms with van der Waals surface area (Å²) < 4.78 is 17.4. The molecular formula is C25H32O6. The number of hydrogen-bond donors (Lipinski definition) is 0. The molecule has 5 aliphatic rings. The van der Waals surface area contributed by atoms with Crippen LogP contribution < -0.4 is 0 Å². The first-order chi connectivity index (χ1) is 14.7. The van der Waals surface area contributed by atoms with Crippen LogP contribution >= 0.6 is 0 Å². The summed E-state index contributed by atoms with van der Waals surface area (Å²) in [5.41, 5.74) is 0.592. The zero-order valence-corrected chi connectivity index (χ0v) is 18.9. The molecular weight excluding hydrogens is 396 g/mol. The molecule has 6 heteroatoms. The van der Waals surface area contributed by atoms with Crippen molar-refractivity contribution in [3.8, 4) is 0 Å². The number of esters is 2. The van der Waals surface area contributed by atoms with E-state index in [-0.39, 0.29) is 52.4 Å². The van der Waals surface area contributed by atoms with Gasteiger partial charge in [0.15, 0.2) is 5.78 Å². The fraction of sp³-hybridized carbons (Fsp3) is 0.720. The molecule has 0 aromatic rings. The number of rotatable bonds is 2. The lowest BCUT2D eigenvalue weighted by Crippen LogP contribution is -2.60. The van der Waals surface area contributed by atoms with Gasteiger partial charge in [0.1, 0.15) is 5.60 Å². The molecule has 2 saturated carbocycles. The van der Waals surface area contributed by atoms with E-state index in [0.717, 1.165) is 37.7 Å². The third-order valence-corrected chi connectivity index (χ3v) is 9.60. The van der Waals surface area contributed by atoms with Crippen molar-refractivity contribution in [1.82, 2.24) is 0 Å². The minimum atomic E-state index is -0.475. The van der Waals surface area contributed by atoms with E-state index in [2.05, 4.69) is 13.8 Å². The molecule has 1 heterocycles. The number of allylic oxidation sites excluding steroid dienone is 3. The molecule has 0 radical (unpaired) electrons. The number of carbonyl (C=O) groups is 3. The van der Waals surface area contributed by atoms with E-state index < -0.39 is 5.60 Å². The van der Waals surface area contributed by atoms with Gasteiger partial charge in [0.25, 0.3) is 0 Å². The van der Waals surface area contributed by atoms with E-state index in [4.69, 9.17) is 14.2 Å². The third kappa shape index (κ3) is 2.63. The first kappa shape index (κ1) is 20.9. The van der Waals surface area contributed by atoms with E-state index in [1.807, 2.05) is 6.08 Å². The largest absolute Gasteiger partial charge is 0.466 e. The van der Waals surface area contributed by atoms with Gasteiger partial charge < -0.3 is 14.2 Å². The Kier molecular flexibility index (Phi) is 4.57. The SMILES string of the molecule is COC(=O)C1=CC2=CC(=O)CC[C@]2(C)C2C1C1CCC3(CCC(=O)O3)[C@@]1(C)C[C@H]2OC. The van der Waals surface area contributed by atoms with Crippen LogP contribution in [0.5, 0.6) is 0 Å². The normalized spacial score (nSPS) is 45.9. The predicted molar refractivity (Wildman–Crippen MR) is 112 cm³/mol. The number of fused-ring (bicyclic) bond motifs is 6. The van der Waals surface area contributed by atoms with Crippen LogP contribution in [0.15, 0.2) is 23.3 Å². The fourth-order valence-electron chi connectivity index (χ4n) is 8.00. The predicted octanol–water partition coefficient (Wildman–Crippen LogP) is 3.54. The van der Waals surface area contributed by atoms with E-state index in [1.54, 1.807) is 13.2 Å². The van der Waals surface area contributed by atoms with Gasteiger partial charge in [-0.25, -0.2) is 4.79 Å². The highest BCUT2D eigenvalue weighted by Crippen LogP contribution is 2.70. The van der Waals surface area contributed by atoms with Gasteiger partial charge in [0, 0.05) is 42.8 Å². The van der Waals surface area contributed by atoms with Gasteiger partial charge in [-0.3, -0.25) is 9.59 Å². The van der Waals surface area contributed by atoms with Gasteiger partial charge in [-0.15, -0.1) is 0 Å². The number of hydrogen-bond acceptors (Lipinski definition) is 6. The second-order valence-corrected chi connectivity index (χ2v) is 10.6. The van der Waals surface area contributed by atoms with E-state index in [9.17, 15) is 14.4 Å². The summed E-state index contributed by atoms with van der Waals surface area (Å²) in [6, 6.07) is 0. The number of ketones is 1. The van der Waals surface area contributed by atoms with Crippen LogP contribution in [-0.4, -0.2) is 43.6 Å². The van der Waals surface area contributed by atoms with Crippen LogP contribution in [0.2, 0.25) is 0 Å². The maximum Gasteiger partial charge on any atom is 0.334 e. The van der Waals surface area contributed by atoms with Crippen molar-refractivity contribution >= 4 is 17.7 Å². The Morgan fingerprint density at radius 2 is 1.87 bits per heavy atom. The fourth-order valence-corrected chi connectivity index (χ4v) is 8.00. The van der Waals surface area contributed by atoms with Gasteiger partial charge >= 0.3 is 11.9 Å². The molecule has 3 fully saturated rings. The van der Waals surface area contributed by atoms with Crippen molar-refractivity contribution in [2.45, 2.75) is 70.5 Å². The Morgan fingerprint density at radius 1 is 1.10 bits per heavy atom. The molecule has 0 amide bonds. The van der Waals surface area contributed by atoms with Crippen molar-refractivity contribution in [3.63, 3.8) is 0 Å². The van der Waals surface area contributed by atoms with Crippen LogP contribution in [0.3, 0.4) is 0 Å². The molecule has 0 aromatic carbocycles. The monoisotopic (exact) mass is 428 g/mol. The zero-order chi connectivity index (χ0) is 22.2. The van der Waals surface area contributed by atoms with Crippen LogP contribution in [0.4, 0.5) is 0 Å². The molecule has 6 nitrogen and oxygen atoms in total. The molecule has 7 atom stereocenters. The maximum absolute atomic E-state index is 13.0. The van der Waals surface area contributed by atoms with Crippen LogP contribution in [0.25, 0.3) is 0 Å². The summed E-state index contributed by atoms with van der Waals surface area (Å²) in [4.78, 5) is 37.4. The molecule has 5 rings (SSSR count). The van der Waals surface area contributed by atoms with Crippen molar-refractivity contribution < 1.29 is 28.6 Å². The van der Waals surface area contributed by atoms with Gasteiger partial charge in [0.05, 0.1) is 13.2 Å². The molecule has 1 spiro atoms. The molecule has 0 bridgehead atoms. The number of ether oxygens (including phenoxy) is 3. The highest BCUT2D eigenvalue weighted by atomic mass is 16.6. The average Bonchev–Trinajstić information content (AvgIpc) is 3.27. The summed E-state index contributed by atoms with van der Waals surface area (Å²) >= 11 is 0. The number of methoxy groups -OCH3 is 2. The molecule has 31 heavy (non-hydrogen) atoms. The minimum absolute atomic E-state index is 0.0508. The maximum atomic E-state index is 13.0. The smallest absolute Gasteiger partial charge is 0.334 e. The molecule has 1 saturated heterocycles. The van der Waals surface area contributed by atoms with Crippen molar-refractivity contribution in [3.05, 3.63) is 23.3 Å². The molecule has 168 valence electrons. The summed E-state index contributed by atoms with van der Waals surface area (Å²) in [7, 11) is 3.15. The Balaban J connectivity index is 1.69. The first-order valence-corrected chi connectivity index (χ1v) is 11.5. The Bertz CT molecular complexity index is 917. The van der Waals surface area contributed by atoms with E-state index >= 15 is 0 Å². The molecule has 4 aliphatic carbocycles. The summed E-state index contributed by atoms with van der Waals surface area (Å²) in [6.07, 6.45) is 8.53. The van der Waals surface area contributed by atoms with Crippen molar-refractivity contribution in [1.29, 1.82) is 0 Å². The quantitative estimate of drug-likeness (QED) is 0.626. The van der Waals surface area contributed by atoms with Gasteiger partial charge in [-0.2, -0.15) is 0 Å². The highest BCUT2D eigenvalue weighted by Gasteiger charge is 2.70. The van der Waals surface area contributed by atoms with Crippen molar-refractivity contribution in [2.24, 2.45) is 28.6 Å². The molecule has 0 N–H and O–H groups in total. The van der Waals surface area contributed by atoms with Crippen molar-refractivity contribution in [2.75, 3.05) is 14.2 Å². The second-order valence-electron chi connectivity index (χ2n) is 10.6. The highest BCUT2D eigenvalue weighted by molar-refractivity contribution is 5.95. The minimum Gasteiger partial charge on any atom is -0.466 e. The Morgan fingerprint density at radius 3 is 2.52 bits per heavy atom. The molecule has 4 unspecified atom stereocenters. The van der Waals surface area contributed by atoms with Crippen LogP contribution in [0, 0.1) is 28.6 Å². The first-order valence-electron chi connectivity index (χ1n) is 11.5. The van der Waals surface area contributed by atoms with E-state index in [0.29, 0.717) is 18.4 Å². The summed E-state index contributed by atoms with van der Waals surface area (Å²) in [6.45, 7) is 4.46. The zero-order valence-electron chi connectivity index (χ0n) is 18.9. The second kappa shape index (κ2) is 6.77.